The molecule has 7 heteroatoms. The van der Waals surface area contributed by atoms with Crippen molar-refractivity contribution in [2.45, 2.75) is 13.0 Å². The summed E-state index contributed by atoms with van der Waals surface area (Å²) in [6, 6.07) is 9.36. The van der Waals surface area contributed by atoms with Crippen molar-refractivity contribution in [3.8, 4) is 0 Å². The van der Waals surface area contributed by atoms with Gasteiger partial charge >= 0.3 is 0 Å². The van der Waals surface area contributed by atoms with Crippen molar-refractivity contribution in [3.63, 3.8) is 0 Å². The Morgan fingerprint density at radius 2 is 1.85 bits per heavy atom. The minimum atomic E-state index is 0.507. The van der Waals surface area contributed by atoms with Gasteiger partial charge in [0.25, 0.3) is 0 Å². The van der Waals surface area contributed by atoms with E-state index in [-0.39, 0.29) is 0 Å². The Hall–Kier alpha value is -2.63. The summed E-state index contributed by atoms with van der Waals surface area (Å²) in [5, 5.41) is 5.59. The van der Waals surface area contributed by atoms with Gasteiger partial charge in [0.2, 0.25) is 5.95 Å². The number of nitrogens with zero attached hydrogens (tertiary/aromatic N) is 3. The number of aromatic nitrogens is 4. The van der Waals surface area contributed by atoms with E-state index in [0.717, 1.165) is 28.6 Å². The molecule has 0 aliphatic carbocycles. The van der Waals surface area contributed by atoms with Crippen LogP contribution in [0.4, 0.5) is 5.95 Å². The molecule has 0 aliphatic rings. The second-order valence-corrected chi connectivity index (χ2v) is 6.74. The molecule has 0 spiro atoms. The van der Waals surface area contributed by atoms with E-state index in [2.05, 4.69) is 31.3 Å². The van der Waals surface area contributed by atoms with E-state index in [0.29, 0.717) is 22.5 Å². The van der Waals surface area contributed by atoms with Gasteiger partial charge in [-0.25, -0.2) is 15.0 Å². The third-order valence-corrected chi connectivity index (χ3v) is 4.69. The zero-order chi connectivity index (χ0) is 17.9. The lowest BCUT2D eigenvalue weighted by Gasteiger charge is -2.08. The maximum atomic E-state index is 6.17. The molecule has 0 fully saturated rings. The van der Waals surface area contributed by atoms with Crippen molar-refractivity contribution < 1.29 is 0 Å². The lowest BCUT2D eigenvalue weighted by Crippen LogP contribution is -2.04. The van der Waals surface area contributed by atoms with E-state index in [1.807, 2.05) is 30.7 Å². The van der Waals surface area contributed by atoms with Crippen molar-refractivity contribution in [2.75, 3.05) is 5.32 Å². The summed E-state index contributed by atoms with van der Waals surface area (Å²) in [4.78, 5) is 16.3. The molecule has 3 heterocycles. The normalized spacial score (nSPS) is 11.0. The fourth-order valence-electron chi connectivity index (χ4n) is 2.77. The summed E-state index contributed by atoms with van der Waals surface area (Å²) in [5.41, 5.74) is 3.99. The van der Waals surface area contributed by atoms with Gasteiger partial charge in [-0.15, -0.1) is 0 Å². The predicted octanol–water partition coefficient (Wildman–Crippen LogP) is 4.86. The molecule has 3 aromatic heterocycles. The predicted molar refractivity (Wildman–Crippen MR) is 105 cm³/mol. The van der Waals surface area contributed by atoms with Gasteiger partial charge in [-0.3, -0.25) is 0 Å². The van der Waals surface area contributed by atoms with E-state index in [1.54, 1.807) is 18.3 Å². The van der Waals surface area contributed by atoms with Gasteiger partial charge in [0.15, 0.2) is 0 Å². The Kier molecular flexibility index (Phi) is 4.73. The van der Waals surface area contributed by atoms with Crippen molar-refractivity contribution in [1.82, 2.24) is 19.9 Å². The molecule has 1 aromatic carbocycles. The molecule has 0 bridgehead atoms. The van der Waals surface area contributed by atoms with E-state index >= 15 is 0 Å². The number of benzene rings is 1. The highest BCUT2D eigenvalue weighted by Gasteiger charge is 2.07. The lowest BCUT2D eigenvalue weighted by atomic mass is 10.1. The monoisotopic (exact) mass is 383 g/mol. The molecule has 4 rings (SSSR count). The first-order chi connectivity index (χ1) is 12.7. The molecule has 0 aliphatic heterocycles. The quantitative estimate of drug-likeness (QED) is 0.516. The molecule has 26 heavy (non-hydrogen) atoms. The van der Waals surface area contributed by atoms with Gasteiger partial charge in [0.05, 0.1) is 0 Å². The van der Waals surface area contributed by atoms with Crippen LogP contribution in [0.5, 0.6) is 0 Å². The molecule has 0 saturated carbocycles. The van der Waals surface area contributed by atoms with Crippen LogP contribution in [0.25, 0.3) is 11.0 Å². The lowest BCUT2D eigenvalue weighted by molar-refractivity contribution is 1.02. The number of pyridine rings is 1. The van der Waals surface area contributed by atoms with Crippen molar-refractivity contribution >= 4 is 40.2 Å². The number of aromatic amines is 1. The van der Waals surface area contributed by atoms with Crippen LogP contribution < -0.4 is 5.32 Å². The zero-order valence-corrected chi connectivity index (χ0v) is 15.2. The number of anilines is 1. The molecular formula is C19H15Cl2N5. The van der Waals surface area contributed by atoms with Crippen LogP contribution >= 0.6 is 23.2 Å². The number of hydrogen-bond donors (Lipinski definition) is 2. The maximum Gasteiger partial charge on any atom is 0.222 e. The second-order valence-electron chi connectivity index (χ2n) is 5.89. The third-order valence-electron chi connectivity index (χ3n) is 4.08. The van der Waals surface area contributed by atoms with E-state index in [1.165, 1.54) is 5.56 Å². The molecule has 0 atom stereocenters. The Bertz CT molecular complexity index is 1040. The molecule has 130 valence electrons. The smallest absolute Gasteiger partial charge is 0.222 e. The standard InChI is InChI=1S/C19H15Cl2N5/c20-15-3-4-17(21)14(7-15)11-26-19-24-8-12(9-25-19)6-13-10-23-18-16(13)2-1-5-22-18/h1-5,7-10H,6,11H2,(H,22,23)(H,24,25,26). The van der Waals surface area contributed by atoms with Crippen LogP contribution in [-0.2, 0) is 13.0 Å². The number of nitrogens with one attached hydrogen (secondary N) is 2. The minimum Gasteiger partial charge on any atom is -0.350 e. The topological polar surface area (TPSA) is 66.5 Å². The Labute approximate surface area is 160 Å². The van der Waals surface area contributed by atoms with Gasteiger partial charge in [-0.05, 0) is 47.0 Å². The molecule has 0 unspecified atom stereocenters. The van der Waals surface area contributed by atoms with Gasteiger partial charge in [-0.1, -0.05) is 23.2 Å². The summed E-state index contributed by atoms with van der Waals surface area (Å²) in [6.07, 6.45) is 8.14. The number of fused-ring (bicyclic) bond motifs is 1. The summed E-state index contributed by atoms with van der Waals surface area (Å²) >= 11 is 12.2. The average Bonchev–Trinajstić information content (AvgIpc) is 3.07. The van der Waals surface area contributed by atoms with Crippen LogP contribution in [0.2, 0.25) is 10.0 Å². The first kappa shape index (κ1) is 16.8. The highest BCUT2D eigenvalue weighted by Crippen LogP contribution is 2.22. The van der Waals surface area contributed by atoms with Crippen LogP contribution in [0.3, 0.4) is 0 Å². The Balaban J connectivity index is 1.44. The molecule has 2 N–H and O–H groups in total. The van der Waals surface area contributed by atoms with Crippen molar-refractivity contribution in [3.05, 3.63) is 81.9 Å². The minimum absolute atomic E-state index is 0.507. The van der Waals surface area contributed by atoms with Crippen LogP contribution in [0, 0.1) is 0 Å². The van der Waals surface area contributed by atoms with Crippen molar-refractivity contribution in [2.24, 2.45) is 0 Å². The number of H-pyrrole nitrogens is 1. The van der Waals surface area contributed by atoms with Gasteiger partial charge < -0.3 is 10.3 Å². The molecular weight excluding hydrogens is 369 g/mol. The summed E-state index contributed by atoms with van der Waals surface area (Å²) < 4.78 is 0. The largest absolute Gasteiger partial charge is 0.350 e. The fourth-order valence-corrected chi connectivity index (χ4v) is 3.15. The molecule has 0 radical (unpaired) electrons. The maximum absolute atomic E-state index is 6.17. The SMILES string of the molecule is Clc1ccc(Cl)c(CNc2ncc(Cc3c[nH]c4ncccc34)cn2)c1. The van der Waals surface area contributed by atoms with Gasteiger partial charge in [-0.2, -0.15) is 0 Å². The van der Waals surface area contributed by atoms with Crippen molar-refractivity contribution in [1.29, 1.82) is 0 Å². The van der Waals surface area contributed by atoms with E-state index in [9.17, 15) is 0 Å². The second kappa shape index (κ2) is 7.32. The average molecular weight is 384 g/mol. The molecule has 4 aromatic rings. The van der Waals surface area contributed by atoms with Crippen LogP contribution in [0.15, 0.2) is 55.1 Å². The first-order valence-electron chi connectivity index (χ1n) is 8.09. The zero-order valence-electron chi connectivity index (χ0n) is 13.7. The Morgan fingerprint density at radius 1 is 1.00 bits per heavy atom. The molecule has 5 nitrogen and oxygen atoms in total. The summed E-state index contributed by atoms with van der Waals surface area (Å²) in [6.45, 7) is 0.507. The van der Waals surface area contributed by atoms with Crippen LogP contribution in [0.1, 0.15) is 16.7 Å². The number of hydrogen-bond acceptors (Lipinski definition) is 4. The number of halogens is 2. The molecule has 0 amide bonds. The van der Waals surface area contributed by atoms with Crippen LogP contribution in [-0.4, -0.2) is 19.9 Å². The number of rotatable bonds is 5. The highest BCUT2D eigenvalue weighted by atomic mass is 35.5. The third kappa shape index (κ3) is 3.64. The highest BCUT2D eigenvalue weighted by molar-refractivity contribution is 6.33. The van der Waals surface area contributed by atoms with E-state index in [4.69, 9.17) is 23.2 Å². The fraction of sp³-hybridized carbons (Fsp3) is 0.105. The molecule has 0 saturated heterocycles. The first-order valence-corrected chi connectivity index (χ1v) is 8.84. The van der Waals surface area contributed by atoms with Gasteiger partial charge in [0.1, 0.15) is 5.65 Å². The summed E-state index contributed by atoms with van der Waals surface area (Å²) in [7, 11) is 0. The Morgan fingerprint density at radius 3 is 2.69 bits per heavy atom. The van der Waals surface area contributed by atoms with Gasteiger partial charge in [0, 0.05) is 53.2 Å². The summed E-state index contributed by atoms with van der Waals surface area (Å²) in [5.74, 6) is 0.547. The van der Waals surface area contributed by atoms with E-state index < -0.39 is 0 Å².